The number of aromatic nitrogens is 1. The molecule has 116 valence electrons. The summed E-state index contributed by atoms with van der Waals surface area (Å²) in [6, 6.07) is 0.571. The van der Waals surface area contributed by atoms with Crippen molar-refractivity contribution in [1.29, 1.82) is 0 Å². The summed E-state index contributed by atoms with van der Waals surface area (Å²) in [5, 5.41) is 7.24. The molecule has 2 unspecified atom stereocenters. The molecule has 1 aromatic rings. The summed E-state index contributed by atoms with van der Waals surface area (Å²) in [7, 11) is 0. The highest BCUT2D eigenvalue weighted by Gasteiger charge is 2.40. The molecule has 5 heteroatoms. The van der Waals surface area contributed by atoms with Crippen LogP contribution in [0.3, 0.4) is 0 Å². The second-order valence-electron chi connectivity index (χ2n) is 6.60. The molecule has 0 radical (unpaired) electrons. The lowest BCUT2D eigenvalue weighted by molar-refractivity contribution is 0.0754. The van der Waals surface area contributed by atoms with Crippen molar-refractivity contribution in [1.82, 2.24) is 10.5 Å². The molecule has 0 spiro atoms. The zero-order valence-electron chi connectivity index (χ0n) is 12.9. The lowest BCUT2D eigenvalue weighted by Gasteiger charge is -2.45. The second kappa shape index (κ2) is 5.79. The van der Waals surface area contributed by atoms with Crippen LogP contribution in [-0.2, 0) is 6.42 Å². The molecule has 2 bridgehead atoms. The van der Waals surface area contributed by atoms with Gasteiger partial charge in [-0.15, -0.1) is 0 Å². The van der Waals surface area contributed by atoms with Crippen LogP contribution in [0.5, 0.6) is 0 Å². The van der Waals surface area contributed by atoms with Gasteiger partial charge in [0, 0.05) is 12.1 Å². The van der Waals surface area contributed by atoms with E-state index in [0.717, 1.165) is 18.5 Å². The van der Waals surface area contributed by atoms with E-state index >= 15 is 0 Å². The van der Waals surface area contributed by atoms with Crippen LogP contribution in [0.15, 0.2) is 4.52 Å². The highest BCUT2D eigenvalue weighted by molar-refractivity contribution is 5.96. The summed E-state index contributed by atoms with van der Waals surface area (Å²) in [6.45, 7) is 3.79. The van der Waals surface area contributed by atoms with Crippen molar-refractivity contribution in [2.45, 2.75) is 64.5 Å². The van der Waals surface area contributed by atoms with Crippen molar-refractivity contribution in [2.24, 2.45) is 17.6 Å². The molecule has 5 nitrogen and oxygen atoms in total. The van der Waals surface area contributed by atoms with Gasteiger partial charge in [-0.25, -0.2) is 0 Å². The van der Waals surface area contributed by atoms with Crippen LogP contribution in [0.2, 0.25) is 0 Å². The molecule has 0 aromatic carbocycles. The molecule has 1 amide bonds. The molecule has 3 N–H and O–H groups in total. The van der Waals surface area contributed by atoms with E-state index < -0.39 is 0 Å². The first-order valence-corrected chi connectivity index (χ1v) is 8.11. The van der Waals surface area contributed by atoms with E-state index in [2.05, 4.69) is 10.5 Å². The van der Waals surface area contributed by atoms with E-state index in [1.807, 2.05) is 6.92 Å². The van der Waals surface area contributed by atoms with Crippen LogP contribution in [0.1, 0.15) is 60.8 Å². The Kier molecular flexibility index (Phi) is 4.02. The van der Waals surface area contributed by atoms with Gasteiger partial charge in [0.05, 0.1) is 5.69 Å². The van der Waals surface area contributed by atoms with Gasteiger partial charge in [0.1, 0.15) is 11.3 Å². The normalized spacial score (nSPS) is 32.0. The number of hydrogen-bond acceptors (Lipinski definition) is 4. The number of nitrogens with two attached hydrogens (primary N) is 1. The first-order chi connectivity index (χ1) is 10.1. The molecule has 1 heterocycles. The number of nitrogens with zero attached hydrogens (tertiary/aromatic N) is 1. The van der Waals surface area contributed by atoms with Gasteiger partial charge in [0.15, 0.2) is 0 Å². The second-order valence-corrected chi connectivity index (χ2v) is 6.60. The third-order valence-corrected chi connectivity index (χ3v) is 5.17. The number of nitrogens with one attached hydrogen (secondary N) is 1. The number of rotatable bonds is 3. The van der Waals surface area contributed by atoms with Gasteiger partial charge in [-0.3, -0.25) is 4.79 Å². The summed E-state index contributed by atoms with van der Waals surface area (Å²) in [5.41, 5.74) is 7.53. The van der Waals surface area contributed by atoms with Crippen LogP contribution in [0.25, 0.3) is 0 Å². The summed E-state index contributed by atoms with van der Waals surface area (Å²) >= 11 is 0. The average molecular weight is 291 g/mol. The number of amides is 1. The van der Waals surface area contributed by atoms with Crippen molar-refractivity contribution in [3.05, 3.63) is 17.0 Å². The largest absolute Gasteiger partial charge is 0.361 e. The van der Waals surface area contributed by atoms with Crippen molar-refractivity contribution in [2.75, 3.05) is 0 Å². The van der Waals surface area contributed by atoms with Crippen molar-refractivity contribution < 1.29 is 9.32 Å². The maximum Gasteiger partial charge on any atom is 0.257 e. The predicted molar refractivity (Wildman–Crippen MR) is 79.9 cm³/mol. The number of fused-ring (bicyclic) bond motifs is 2. The Morgan fingerprint density at radius 3 is 2.67 bits per heavy atom. The lowest BCUT2D eigenvalue weighted by Crippen LogP contribution is -2.53. The SMILES string of the molecule is CCc1noc(C)c1C(=O)NC1C2CCCC1CC(N)C2. The van der Waals surface area contributed by atoms with Crippen LogP contribution in [0, 0.1) is 18.8 Å². The number of hydrogen-bond donors (Lipinski definition) is 2. The molecule has 1 aromatic heterocycles. The fourth-order valence-corrected chi connectivity index (χ4v) is 4.20. The highest BCUT2D eigenvalue weighted by atomic mass is 16.5. The molecule has 0 saturated heterocycles. The Morgan fingerprint density at radius 2 is 2.05 bits per heavy atom. The maximum absolute atomic E-state index is 12.6. The van der Waals surface area contributed by atoms with E-state index in [-0.39, 0.29) is 11.9 Å². The van der Waals surface area contributed by atoms with E-state index in [1.165, 1.54) is 19.3 Å². The van der Waals surface area contributed by atoms with Crippen LogP contribution in [0.4, 0.5) is 0 Å². The molecular weight excluding hydrogens is 266 g/mol. The molecule has 0 aliphatic heterocycles. The first-order valence-electron chi connectivity index (χ1n) is 8.11. The van der Waals surface area contributed by atoms with Gasteiger partial charge in [-0.05, 0) is 50.9 Å². The monoisotopic (exact) mass is 291 g/mol. The van der Waals surface area contributed by atoms with Crippen LogP contribution >= 0.6 is 0 Å². The number of carbonyl (C=O) groups is 1. The highest BCUT2D eigenvalue weighted by Crippen LogP contribution is 2.39. The molecular formula is C16H25N3O2. The fraction of sp³-hybridized carbons (Fsp3) is 0.750. The minimum atomic E-state index is -0.0250. The van der Waals surface area contributed by atoms with Crippen molar-refractivity contribution in [3.8, 4) is 0 Å². The van der Waals surface area contributed by atoms with Crippen molar-refractivity contribution >= 4 is 5.91 Å². The van der Waals surface area contributed by atoms with Gasteiger partial charge in [0.2, 0.25) is 0 Å². The van der Waals surface area contributed by atoms with E-state index in [1.54, 1.807) is 6.92 Å². The molecule has 2 saturated carbocycles. The number of carbonyl (C=O) groups excluding carboxylic acids is 1. The van der Waals surface area contributed by atoms with Gasteiger partial charge >= 0.3 is 0 Å². The molecule has 3 rings (SSSR count). The van der Waals surface area contributed by atoms with E-state index in [9.17, 15) is 4.79 Å². The topological polar surface area (TPSA) is 81.2 Å². The minimum absolute atomic E-state index is 0.0250. The zero-order valence-corrected chi connectivity index (χ0v) is 12.9. The van der Waals surface area contributed by atoms with E-state index in [4.69, 9.17) is 10.3 Å². The molecule has 2 atom stereocenters. The van der Waals surface area contributed by atoms with Crippen molar-refractivity contribution in [3.63, 3.8) is 0 Å². The standard InChI is InChI=1S/C16H25N3O2/c1-3-13-14(9(2)21-19-13)16(20)18-15-10-5-4-6-11(15)8-12(17)7-10/h10-12,15H,3-8,17H2,1-2H3,(H,18,20). The quantitative estimate of drug-likeness (QED) is 0.894. The minimum Gasteiger partial charge on any atom is -0.361 e. The third-order valence-electron chi connectivity index (χ3n) is 5.17. The first kappa shape index (κ1) is 14.6. The third kappa shape index (κ3) is 2.71. The zero-order chi connectivity index (χ0) is 15.0. The molecule has 2 aliphatic rings. The summed E-state index contributed by atoms with van der Waals surface area (Å²) in [4.78, 5) is 12.6. The predicted octanol–water partition coefficient (Wildman–Crippen LogP) is 2.18. The Morgan fingerprint density at radius 1 is 1.38 bits per heavy atom. The van der Waals surface area contributed by atoms with Crippen LogP contribution < -0.4 is 11.1 Å². The Hall–Kier alpha value is -1.36. The Bertz CT molecular complexity index is 512. The summed E-state index contributed by atoms with van der Waals surface area (Å²) in [5.74, 6) is 1.65. The van der Waals surface area contributed by atoms with Gasteiger partial charge < -0.3 is 15.6 Å². The average Bonchev–Trinajstić information content (AvgIpc) is 2.81. The number of aryl methyl sites for hydroxylation is 2. The van der Waals surface area contributed by atoms with Gasteiger partial charge in [-0.2, -0.15) is 0 Å². The smallest absolute Gasteiger partial charge is 0.257 e. The summed E-state index contributed by atoms with van der Waals surface area (Å²) < 4.78 is 5.18. The van der Waals surface area contributed by atoms with E-state index in [0.29, 0.717) is 35.6 Å². The lowest BCUT2D eigenvalue weighted by atomic mass is 9.67. The van der Waals surface area contributed by atoms with Gasteiger partial charge in [-0.1, -0.05) is 18.5 Å². The Labute approximate surface area is 125 Å². The summed E-state index contributed by atoms with van der Waals surface area (Å²) in [6.07, 6.45) is 6.40. The van der Waals surface area contributed by atoms with Gasteiger partial charge in [0.25, 0.3) is 5.91 Å². The fourth-order valence-electron chi connectivity index (χ4n) is 4.20. The molecule has 2 aliphatic carbocycles. The molecule has 2 fully saturated rings. The Balaban J connectivity index is 1.76. The maximum atomic E-state index is 12.6. The molecule has 21 heavy (non-hydrogen) atoms. The van der Waals surface area contributed by atoms with Crippen LogP contribution in [-0.4, -0.2) is 23.1 Å².